The highest BCUT2D eigenvalue weighted by Crippen LogP contribution is 2.41. The Balaban J connectivity index is 2.12. The summed E-state index contributed by atoms with van der Waals surface area (Å²) in [5, 5.41) is 0.869. The third-order valence-electron chi connectivity index (χ3n) is 3.54. The van der Waals surface area contributed by atoms with Crippen molar-refractivity contribution in [3.8, 4) is 16.9 Å². The molecule has 1 unspecified atom stereocenters. The molecule has 8 heteroatoms. The maximum atomic E-state index is 6.45. The Bertz CT molecular complexity index is 772. The van der Waals surface area contributed by atoms with Crippen LogP contribution in [0, 0.1) is 0 Å². The number of hydrogen-bond acceptors (Lipinski definition) is 6. The van der Waals surface area contributed by atoms with Crippen molar-refractivity contribution in [3.63, 3.8) is 0 Å². The first-order chi connectivity index (χ1) is 10.9. The summed E-state index contributed by atoms with van der Waals surface area (Å²) in [4.78, 5) is 4.12. The first-order valence-corrected chi connectivity index (χ1v) is 7.50. The van der Waals surface area contributed by atoms with Crippen molar-refractivity contribution in [2.45, 2.75) is 5.79 Å². The minimum atomic E-state index is -1.23. The molecule has 6 N–H and O–H groups in total. The quantitative estimate of drug-likeness (QED) is 0.679. The van der Waals surface area contributed by atoms with E-state index < -0.39 is 5.79 Å². The molecular formula is C15H15Cl2N5O. The number of halogens is 2. The Hall–Kier alpha value is -1.99. The zero-order chi connectivity index (χ0) is 16.6. The average molecular weight is 352 g/mol. The minimum Gasteiger partial charge on any atom is -0.496 e. The van der Waals surface area contributed by atoms with Gasteiger partial charge in [0.2, 0.25) is 11.7 Å². The summed E-state index contributed by atoms with van der Waals surface area (Å²) in [6, 6.07) is 10.9. The van der Waals surface area contributed by atoms with Crippen LogP contribution in [0.2, 0.25) is 10.0 Å². The number of para-hydroxylation sites is 1. The van der Waals surface area contributed by atoms with Gasteiger partial charge in [0.15, 0.2) is 0 Å². The van der Waals surface area contributed by atoms with E-state index in [4.69, 9.17) is 39.4 Å². The van der Waals surface area contributed by atoms with E-state index in [9.17, 15) is 0 Å². The third kappa shape index (κ3) is 2.82. The standard InChI is InChI=1S/C15H15Cl2N5O/c1-23-12-5-3-2-4-9(12)13-10(16)6-8(7-11(13)17)15(19)20-14(18)21-22-15/h2-7,22H,19H2,1H3,(H3,18,20,21). The summed E-state index contributed by atoms with van der Waals surface area (Å²) in [7, 11) is 1.59. The SMILES string of the molecule is COc1ccccc1-c1c(Cl)cc(C2(N)N=C(N)NN2)cc1Cl. The molecule has 0 saturated carbocycles. The topological polar surface area (TPSA) is 97.7 Å². The van der Waals surface area contributed by atoms with Crippen molar-refractivity contribution in [2.24, 2.45) is 16.5 Å². The van der Waals surface area contributed by atoms with Gasteiger partial charge in [-0.15, -0.1) is 0 Å². The molecule has 0 aromatic heterocycles. The monoisotopic (exact) mass is 351 g/mol. The van der Waals surface area contributed by atoms with Crippen molar-refractivity contribution in [2.75, 3.05) is 7.11 Å². The number of rotatable bonds is 3. The zero-order valence-corrected chi connectivity index (χ0v) is 13.7. The van der Waals surface area contributed by atoms with E-state index in [0.29, 0.717) is 26.9 Å². The van der Waals surface area contributed by atoms with Gasteiger partial charge in [-0.25, -0.2) is 4.99 Å². The third-order valence-corrected chi connectivity index (χ3v) is 4.13. The highest BCUT2D eigenvalue weighted by molar-refractivity contribution is 6.39. The van der Waals surface area contributed by atoms with Crippen molar-refractivity contribution in [3.05, 3.63) is 52.0 Å². The maximum absolute atomic E-state index is 6.45. The molecule has 0 radical (unpaired) electrons. The van der Waals surface area contributed by atoms with E-state index in [1.54, 1.807) is 19.2 Å². The van der Waals surface area contributed by atoms with E-state index in [0.717, 1.165) is 5.56 Å². The summed E-state index contributed by atoms with van der Waals surface area (Å²) in [6.07, 6.45) is 0. The summed E-state index contributed by atoms with van der Waals surface area (Å²) >= 11 is 12.9. The highest BCUT2D eigenvalue weighted by Gasteiger charge is 2.33. The van der Waals surface area contributed by atoms with E-state index in [-0.39, 0.29) is 5.96 Å². The lowest BCUT2D eigenvalue weighted by Crippen LogP contribution is -2.50. The summed E-state index contributed by atoms with van der Waals surface area (Å²) in [5.41, 5.74) is 19.3. The Morgan fingerprint density at radius 1 is 1.17 bits per heavy atom. The second kappa shape index (κ2) is 5.90. The second-order valence-electron chi connectivity index (χ2n) is 5.03. The maximum Gasteiger partial charge on any atom is 0.209 e. The van der Waals surface area contributed by atoms with Crippen LogP contribution in [-0.2, 0) is 5.79 Å². The number of guanidine groups is 1. The number of methoxy groups -OCH3 is 1. The molecule has 1 aliphatic rings. The fourth-order valence-electron chi connectivity index (χ4n) is 2.44. The zero-order valence-electron chi connectivity index (χ0n) is 12.2. The van der Waals surface area contributed by atoms with Gasteiger partial charge >= 0.3 is 0 Å². The largest absolute Gasteiger partial charge is 0.496 e. The van der Waals surface area contributed by atoms with Gasteiger partial charge in [-0.3, -0.25) is 11.2 Å². The van der Waals surface area contributed by atoms with Crippen molar-refractivity contribution in [1.29, 1.82) is 0 Å². The molecule has 3 rings (SSSR count). The number of nitrogens with two attached hydrogens (primary N) is 2. The highest BCUT2D eigenvalue weighted by atomic mass is 35.5. The first kappa shape index (κ1) is 15.9. The van der Waals surface area contributed by atoms with Crippen LogP contribution in [0.15, 0.2) is 41.4 Å². The van der Waals surface area contributed by atoms with Gasteiger partial charge in [-0.2, -0.15) is 5.43 Å². The average Bonchev–Trinajstić information content (AvgIpc) is 2.87. The fourth-order valence-corrected chi connectivity index (χ4v) is 3.13. The molecule has 0 bridgehead atoms. The molecule has 2 aromatic rings. The minimum absolute atomic E-state index is 0.188. The molecule has 0 aliphatic carbocycles. The molecule has 23 heavy (non-hydrogen) atoms. The van der Waals surface area contributed by atoms with Crippen LogP contribution in [0.3, 0.4) is 0 Å². The summed E-state index contributed by atoms with van der Waals surface area (Å²) in [5.74, 6) is -0.362. The molecule has 0 saturated heterocycles. The number of ether oxygens (including phenoxy) is 1. The summed E-state index contributed by atoms with van der Waals surface area (Å²) < 4.78 is 5.37. The van der Waals surface area contributed by atoms with Crippen molar-refractivity contribution < 1.29 is 4.74 Å². The number of benzene rings is 2. The van der Waals surface area contributed by atoms with Gasteiger partial charge < -0.3 is 10.5 Å². The Kier molecular flexibility index (Phi) is 4.08. The van der Waals surface area contributed by atoms with Crippen LogP contribution in [0.5, 0.6) is 5.75 Å². The lowest BCUT2D eigenvalue weighted by Gasteiger charge is -2.22. The smallest absolute Gasteiger partial charge is 0.209 e. The van der Waals surface area contributed by atoms with Crippen LogP contribution in [-0.4, -0.2) is 13.1 Å². The van der Waals surface area contributed by atoms with Gasteiger partial charge in [0.1, 0.15) is 5.75 Å². The number of hydrazine groups is 1. The number of aliphatic imine (C=N–C) groups is 1. The Morgan fingerprint density at radius 2 is 1.83 bits per heavy atom. The summed E-state index contributed by atoms with van der Waals surface area (Å²) in [6.45, 7) is 0. The molecule has 0 amide bonds. The van der Waals surface area contributed by atoms with Crippen LogP contribution < -0.4 is 27.1 Å². The molecule has 120 valence electrons. The predicted octanol–water partition coefficient (Wildman–Crippen LogP) is 2.16. The second-order valence-corrected chi connectivity index (χ2v) is 5.84. The van der Waals surface area contributed by atoms with Gasteiger partial charge in [0.25, 0.3) is 0 Å². The Morgan fingerprint density at radius 3 is 2.39 bits per heavy atom. The fraction of sp³-hybridized carbons (Fsp3) is 0.133. The molecule has 1 heterocycles. The molecule has 2 aromatic carbocycles. The van der Waals surface area contributed by atoms with Crippen LogP contribution in [0.1, 0.15) is 5.56 Å². The molecular weight excluding hydrogens is 337 g/mol. The van der Waals surface area contributed by atoms with E-state index in [1.807, 2.05) is 24.3 Å². The first-order valence-electron chi connectivity index (χ1n) is 6.75. The lowest BCUT2D eigenvalue weighted by atomic mass is 10.0. The molecule has 6 nitrogen and oxygen atoms in total. The van der Waals surface area contributed by atoms with E-state index >= 15 is 0 Å². The van der Waals surface area contributed by atoms with Crippen LogP contribution in [0.4, 0.5) is 0 Å². The molecule has 1 atom stereocenters. The van der Waals surface area contributed by atoms with Gasteiger partial charge in [-0.1, -0.05) is 41.4 Å². The van der Waals surface area contributed by atoms with Crippen LogP contribution >= 0.6 is 23.2 Å². The molecule has 0 spiro atoms. The number of hydrogen-bond donors (Lipinski definition) is 4. The molecule has 0 fully saturated rings. The number of nitrogens with zero attached hydrogens (tertiary/aromatic N) is 1. The van der Waals surface area contributed by atoms with Crippen LogP contribution in [0.25, 0.3) is 11.1 Å². The van der Waals surface area contributed by atoms with Crippen molar-refractivity contribution in [1.82, 2.24) is 10.9 Å². The normalized spacial score (nSPS) is 20.1. The number of nitrogens with one attached hydrogen (secondary N) is 2. The van der Waals surface area contributed by atoms with Gasteiger partial charge in [0, 0.05) is 16.7 Å². The van der Waals surface area contributed by atoms with Gasteiger partial charge in [0.05, 0.1) is 17.2 Å². The van der Waals surface area contributed by atoms with Crippen molar-refractivity contribution >= 4 is 29.2 Å². The van der Waals surface area contributed by atoms with Gasteiger partial charge in [-0.05, 0) is 18.2 Å². The van der Waals surface area contributed by atoms with E-state index in [2.05, 4.69) is 15.8 Å². The molecule has 1 aliphatic heterocycles. The Labute approximate surface area is 143 Å². The predicted molar refractivity (Wildman–Crippen MR) is 92.2 cm³/mol. The van der Waals surface area contributed by atoms with E-state index in [1.165, 1.54) is 0 Å². The lowest BCUT2D eigenvalue weighted by molar-refractivity contribution is 0.375.